The molecule has 1 saturated heterocycles. The van der Waals surface area contributed by atoms with Crippen LogP contribution in [0.15, 0.2) is 0 Å². The quantitative estimate of drug-likeness (QED) is 0.794. The molecule has 1 fully saturated rings. The Kier molecular flexibility index (Phi) is 5.91. The first kappa shape index (κ1) is 14.8. The molecule has 1 rings (SSSR count). The van der Waals surface area contributed by atoms with Crippen molar-refractivity contribution in [2.45, 2.75) is 19.8 Å². The van der Waals surface area contributed by atoms with Crippen LogP contribution in [0.2, 0.25) is 0 Å². The third kappa shape index (κ3) is 3.87. The summed E-state index contributed by atoms with van der Waals surface area (Å²) >= 11 is 0. The van der Waals surface area contributed by atoms with Crippen molar-refractivity contribution < 1.29 is 19.4 Å². The molecule has 1 aliphatic rings. The van der Waals surface area contributed by atoms with Crippen LogP contribution in [-0.4, -0.2) is 66.8 Å². The Bertz CT molecular complexity index is 296. The topological polar surface area (TPSA) is 70.1 Å². The number of likely N-dealkylation sites (N-methyl/N-ethyl adjacent to an activating group) is 1. The van der Waals surface area contributed by atoms with Crippen LogP contribution in [0.1, 0.15) is 19.8 Å². The number of amides is 2. The lowest BCUT2D eigenvalue weighted by Gasteiger charge is -2.34. The van der Waals surface area contributed by atoms with Crippen molar-refractivity contribution in [3.63, 3.8) is 0 Å². The van der Waals surface area contributed by atoms with Crippen molar-refractivity contribution in [2.24, 2.45) is 5.92 Å². The van der Waals surface area contributed by atoms with Crippen molar-refractivity contribution in [3.05, 3.63) is 0 Å². The Morgan fingerprint density at radius 2 is 2.22 bits per heavy atom. The summed E-state index contributed by atoms with van der Waals surface area (Å²) < 4.78 is 4.96. The van der Waals surface area contributed by atoms with Crippen molar-refractivity contribution in [1.29, 1.82) is 0 Å². The standard InChI is InChI=1S/C12H22N2O4/c1-3-13(7-8-18-2)12(17)14-6-4-5-10(9-14)11(15)16/h10H,3-9H2,1-2H3,(H,15,16)/t10-/m1/s1. The molecule has 0 aromatic heterocycles. The fourth-order valence-corrected chi connectivity index (χ4v) is 2.14. The van der Waals surface area contributed by atoms with E-state index in [-0.39, 0.29) is 6.03 Å². The predicted octanol–water partition coefficient (Wildman–Crippen LogP) is 0.871. The number of hydrogen-bond donors (Lipinski definition) is 1. The first-order valence-corrected chi connectivity index (χ1v) is 6.35. The zero-order valence-corrected chi connectivity index (χ0v) is 11.1. The van der Waals surface area contributed by atoms with Gasteiger partial charge in [-0.1, -0.05) is 0 Å². The molecule has 104 valence electrons. The van der Waals surface area contributed by atoms with Crippen LogP contribution >= 0.6 is 0 Å². The number of carbonyl (C=O) groups is 2. The van der Waals surface area contributed by atoms with Crippen LogP contribution in [0.4, 0.5) is 4.79 Å². The summed E-state index contributed by atoms with van der Waals surface area (Å²) in [6.07, 6.45) is 1.41. The molecule has 1 heterocycles. The number of carboxylic acids is 1. The molecule has 6 heteroatoms. The largest absolute Gasteiger partial charge is 0.481 e. The second-order valence-corrected chi connectivity index (χ2v) is 4.48. The molecule has 0 aromatic rings. The zero-order valence-electron chi connectivity index (χ0n) is 11.1. The number of nitrogens with zero attached hydrogens (tertiary/aromatic N) is 2. The molecule has 18 heavy (non-hydrogen) atoms. The first-order chi connectivity index (χ1) is 8.60. The third-order valence-electron chi connectivity index (χ3n) is 3.26. The van der Waals surface area contributed by atoms with E-state index in [1.807, 2.05) is 6.92 Å². The van der Waals surface area contributed by atoms with Crippen molar-refractivity contribution in [1.82, 2.24) is 9.80 Å². The predicted molar refractivity (Wildman–Crippen MR) is 66.5 cm³/mol. The minimum atomic E-state index is -0.813. The fourth-order valence-electron chi connectivity index (χ4n) is 2.14. The number of hydrogen-bond acceptors (Lipinski definition) is 3. The molecular formula is C12H22N2O4. The molecule has 0 spiro atoms. The van der Waals surface area contributed by atoms with Gasteiger partial charge in [-0.2, -0.15) is 0 Å². The summed E-state index contributed by atoms with van der Waals surface area (Å²) in [5, 5.41) is 9.00. The lowest BCUT2D eigenvalue weighted by atomic mass is 9.99. The number of ether oxygens (including phenoxy) is 1. The van der Waals surface area contributed by atoms with E-state index < -0.39 is 11.9 Å². The summed E-state index contributed by atoms with van der Waals surface area (Å²) in [4.78, 5) is 26.5. The molecule has 0 saturated carbocycles. The summed E-state index contributed by atoms with van der Waals surface area (Å²) in [7, 11) is 1.60. The van der Waals surface area contributed by atoms with E-state index in [0.717, 1.165) is 6.42 Å². The maximum absolute atomic E-state index is 12.2. The Balaban J connectivity index is 2.55. The maximum Gasteiger partial charge on any atom is 0.320 e. The molecule has 0 aliphatic carbocycles. The van der Waals surface area contributed by atoms with Gasteiger partial charge < -0.3 is 19.6 Å². The van der Waals surface area contributed by atoms with Gasteiger partial charge in [-0.05, 0) is 19.8 Å². The normalized spacial score (nSPS) is 19.7. The van der Waals surface area contributed by atoms with Crippen molar-refractivity contribution in [3.8, 4) is 0 Å². The minimum absolute atomic E-state index is 0.0829. The Morgan fingerprint density at radius 3 is 2.78 bits per heavy atom. The molecule has 0 aromatic carbocycles. The number of carboxylic acid groups (broad SMARTS) is 1. The van der Waals surface area contributed by atoms with Crippen LogP contribution in [0.5, 0.6) is 0 Å². The zero-order chi connectivity index (χ0) is 13.5. The van der Waals surface area contributed by atoms with Gasteiger partial charge in [0.25, 0.3) is 0 Å². The van der Waals surface area contributed by atoms with Crippen LogP contribution in [0.25, 0.3) is 0 Å². The average molecular weight is 258 g/mol. The van der Waals surface area contributed by atoms with Gasteiger partial charge in [-0.25, -0.2) is 4.79 Å². The van der Waals surface area contributed by atoms with Gasteiger partial charge in [0.1, 0.15) is 0 Å². The van der Waals surface area contributed by atoms with Gasteiger partial charge in [0, 0.05) is 33.3 Å². The monoisotopic (exact) mass is 258 g/mol. The van der Waals surface area contributed by atoms with E-state index in [0.29, 0.717) is 39.2 Å². The first-order valence-electron chi connectivity index (χ1n) is 6.35. The number of methoxy groups -OCH3 is 1. The molecule has 0 radical (unpaired) electrons. The number of likely N-dealkylation sites (tertiary alicyclic amines) is 1. The SMILES string of the molecule is CCN(CCOC)C(=O)N1CCC[C@@H](C(=O)O)C1. The second kappa shape index (κ2) is 7.20. The van der Waals surface area contributed by atoms with Gasteiger partial charge >= 0.3 is 12.0 Å². The summed E-state index contributed by atoms with van der Waals surface area (Å²) in [5.74, 6) is -1.24. The van der Waals surface area contributed by atoms with E-state index in [1.165, 1.54) is 0 Å². The van der Waals surface area contributed by atoms with Gasteiger partial charge in [0.15, 0.2) is 0 Å². The molecule has 1 atom stereocenters. The average Bonchev–Trinajstić information content (AvgIpc) is 2.39. The van der Waals surface area contributed by atoms with E-state index in [2.05, 4.69) is 0 Å². The Labute approximate surface area is 107 Å². The summed E-state index contributed by atoms with van der Waals surface area (Å²) in [6, 6.07) is -0.0829. The molecule has 2 amide bonds. The third-order valence-corrected chi connectivity index (χ3v) is 3.26. The fraction of sp³-hybridized carbons (Fsp3) is 0.833. The van der Waals surface area contributed by atoms with E-state index in [4.69, 9.17) is 9.84 Å². The van der Waals surface area contributed by atoms with Gasteiger partial charge in [-0.15, -0.1) is 0 Å². The number of aliphatic carboxylic acids is 1. The highest BCUT2D eigenvalue weighted by molar-refractivity contribution is 5.76. The molecule has 6 nitrogen and oxygen atoms in total. The van der Waals surface area contributed by atoms with Crippen LogP contribution in [-0.2, 0) is 9.53 Å². The van der Waals surface area contributed by atoms with Crippen LogP contribution < -0.4 is 0 Å². The van der Waals surface area contributed by atoms with E-state index in [1.54, 1.807) is 16.9 Å². The summed E-state index contributed by atoms with van der Waals surface area (Å²) in [5.41, 5.74) is 0. The number of urea groups is 1. The molecular weight excluding hydrogens is 236 g/mol. The van der Waals surface area contributed by atoms with E-state index in [9.17, 15) is 9.59 Å². The molecule has 1 N–H and O–H groups in total. The lowest BCUT2D eigenvalue weighted by Crippen LogP contribution is -2.49. The van der Waals surface area contributed by atoms with Crippen molar-refractivity contribution >= 4 is 12.0 Å². The van der Waals surface area contributed by atoms with Crippen LogP contribution in [0, 0.1) is 5.92 Å². The highest BCUT2D eigenvalue weighted by Gasteiger charge is 2.29. The van der Waals surface area contributed by atoms with Gasteiger partial charge in [0.05, 0.1) is 12.5 Å². The number of piperidine rings is 1. The number of carbonyl (C=O) groups excluding carboxylic acids is 1. The molecule has 0 unspecified atom stereocenters. The van der Waals surface area contributed by atoms with Gasteiger partial charge in [0.2, 0.25) is 0 Å². The molecule has 0 bridgehead atoms. The Hall–Kier alpha value is -1.30. The Morgan fingerprint density at radius 1 is 1.50 bits per heavy atom. The van der Waals surface area contributed by atoms with Crippen molar-refractivity contribution in [2.75, 3.05) is 39.9 Å². The highest BCUT2D eigenvalue weighted by atomic mass is 16.5. The van der Waals surface area contributed by atoms with Gasteiger partial charge in [-0.3, -0.25) is 4.79 Å². The number of rotatable bonds is 5. The minimum Gasteiger partial charge on any atom is -0.481 e. The summed E-state index contributed by atoms with van der Waals surface area (Å²) in [6.45, 7) is 4.52. The second-order valence-electron chi connectivity index (χ2n) is 4.48. The molecule has 1 aliphatic heterocycles. The van der Waals surface area contributed by atoms with E-state index >= 15 is 0 Å². The lowest BCUT2D eigenvalue weighted by molar-refractivity contribution is -0.143. The smallest absolute Gasteiger partial charge is 0.320 e. The maximum atomic E-state index is 12.2. The van der Waals surface area contributed by atoms with Crippen LogP contribution in [0.3, 0.4) is 0 Å². The highest BCUT2D eigenvalue weighted by Crippen LogP contribution is 2.17.